The quantitative estimate of drug-likeness (QED) is 0.775. The number of hydrogen-bond donors (Lipinski definition) is 2. The molecule has 1 aliphatic rings. The van der Waals surface area contributed by atoms with Crippen molar-refractivity contribution in [3.8, 4) is 17.2 Å². The first-order valence-corrected chi connectivity index (χ1v) is 9.08. The number of halogens is 1. The number of methoxy groups -OCH3 is 1. The molecule has 1 fully saturated rings. The molecule has 0 saturated heterocycles. The number of hydrogen-bond acceptors (Lipinski definition) is 4. The molecule has 0 aromatic heterocycles. The third-order valence-electron chi connectivity index (χ3n) is 4.87. The zero-order chi connectivity index (χ0) is 18.4. The van der Waals surface area contributed by atoms with Crippen LogP contribution in [0.15, 0.2) is 48.5 Å². The summed E-state index contributed by atoms with van der Waals surface area (Å²) in [5, 5.41) is 2.97. The Kier molecular flexibility index (Phi) is 7.51. The molecule has 5 nitrogen and oxygen atoms in total. The second-order valence-corrected chi connectivity index (χ2v) is 6.80. The summed E-state index contributed by atoms with van der Waals surface area (Å²) in [5.41, 5.74) is 6.56. The predicted molar refractivity (Wildman–Crippen MR) is 109 cm³/mol. The van der Waals surface area contributed by atoms with Crippen LogP contribution < -0.4 is 20.5 Å². The van der Waals surface area contributed by atoms with Gasteiger partial charge in [0.05, 0.1) is 12.6 Å². The van der Waals surface area contributed by atoms with Gasteiger partial charge in [0.1, 0.15) is 5.75 Å². The van der Waals surface area contributed by atoms with Crippen molar-refractivity contribution in [3.63, 3.8) is 0 Å². The van der Waals surface area contributed by atoms with Crippen LogP contribution in [0.2, 0.25) is 0 Å². The smallest absolute Gasteiger partial charge is 0.240 e. The van der Waals surface area contributed by atoms with Crippen LogP contribution in [0, 0.1) is 0 Å². The van der Waals surface area contributed by atoms with Gasteiger partial charge in [-0.1, -0.05) is 43.5 Å². The van der Waals surface area contributed by atoms with Crippen LogP contribution in [0.5, 0.6) is 17.2 Å². The molecule has 0 spiro atoms. The number of para-hydroxylation sites is 2. The Balaban J connectivity index is 0.00000261. The van der Waals surface area contributed by atoms with E-state index < -0.39 is 5.54 Å². The average Bonchev–Trinajstić information content (AvgIpc) is 2.68. The lowest BCUT2D eigenvalue weighted by Crippen LogP contribution is -2.54. The largest absolute Gasteiger partial charge is 0.493 e. The molecule has 2 aromatic rings. The summed E-state index contributed by atoms with van der Waals surface area (Å²) in [6, 6.07) is 15.2. The Bertz CT molecular complexity index is 743. The molecule has 0 unspecified atom stereocenters. The highest BCUT2D eigenvalue weighted by Crippen LogP contribution is 2.31. The summed E-state index contributed by atoms with van der Waals surface area (Å²) in [5.74, 6) is 2.02. The number of carbonyl (C=O) groups is 1. The third-order valence-corrected chi connectivity index (χ3v) is 4.87. The maximum absolute atomic E-state index is 12.4. The fourth-order valence-corrected chi connectivity index (χ4v) is 3.27. The first-order valence-electron chi connectivity index (χ1n) is 9.08. The van der Waals surface area contributed by atoms with Crippen molar-refractivity contribution in [2.75, 3.05) is 7.11 Å². The van der Waals surface area contributed by atoms with E-state index in [0.717, 1.165) is 31.2 Å². The minimum atomic E-state index is -0.703. The number of nitrogens with one attached hydrogen (secondary N) is 1. The molecule has 3 rings (SSSR count). The molecule has 1 amide bonds. The second-order valence-electron chi connectivity index (χ2n) is 6.80. The first-order chi connectivity index (χ1) is 12.6. The Labute approximate surface area is 166 Å². The van der Waals surface area contributed by atoms with Crippen molar-refractivity contribution < 1.29 is 14.3 Å². The molecule has 27 heavy (non-hydrogen) atoms. The number of benzene rings is 2. The van der Waals surface area contributed by atoms with Crippen LogP contribution in [0.1, 0.15) is 37.7 Å². The molecule has 2 aromatic carbocycles. The second kappa shape index (κ2) is 9.62. The Hall–Kier alpha value is -2.24. The van der Waals surface area contributed by atoms with Gasteiger partial charge in [-0.05, 0) is 42.7 Å². The summed E-state index contributed by atoms with van der Waals surface area (Å²) in [6.07, 6.45) is 4.76. The summed E-state index contributed by atoms with van der Waals surface area (Å²) >= 11 is 0. The number of nitrogens with two attached hydrogens (primary N) is 1. The monoisotopic (exact) mass is 390 g/mol. The number of amides is 1. The Morgan fingerprint density at radius 3 is 2.30 bits per heavy atom. The molecule has 0 aliphatic heterocycles. The van der Waals surface area contributed by atoms with E-state index in [0.29, 0.717) is 23.8 Å². The lowest BCUT2D eigenvalue weighted by molar-refractivity contribution is -0.127. The van der Waals surface area contributed by atoms with Gasteiger partial charge in [-0.25, -0.2) is 0 Å². The molecule has 6 heteroatoms. The lowest BCUT2D eigenvalue weighted by atomic mass is 9.82. The van der Waals surface area contributed by atoms with Gasteiger partial charge < -0.3 is 20.5 Å². The van der Waals surface area contributed by atoms with Crippen LogP contribution in [0.4, 0.5) is 0 Å². The average molecular weight is 391 g/mol. The summed E-state index contributed by atoms with van der Waals surface area (Å²) in [7, 11) is 1.62. The van der Waals surface area contributed by atoms with Crippen molar-refractivity contribution >= 4 is 18.3 Å². The van der Waals surface area contributed by atoms with E-state index in [1.807, 2.05) is 48.5 Å². The Morgan fingerprint density at radius 2 is 1.67 bits per heavy atom. The van der Waals surface area contributed by atoms with E-state index in [-0.39, 0.29) is 18.3 Å². The van der Waals surface area contributed by atoms with Crippen molar-refractivity contribution in [2.24, 2.45) is 5.73 Å². The van der Waals surface area contributed by atoms with Gasteiger partial charge in [-0.15, -0.1) is 12.4 Å². The fraction of sp³-hybridized carbons (Fsp3) is 0.381. The fourth-order valence-electron chi connectivity index (χ4n) is 3.27. The van der Waals surface area contributed by atoms with Crippen molar-refractivity contribution in [3.05, 3.63) is 54.1 Å². The molecule has 0 bridgehead atoms. The number of ether oxygens (including phenoxy) is 2. The molecular formula is C21H27ClN2O3. The van der Waals surface area contributed by atoms with Gasteiger partial charge in [-0.2, -0.15) is 0 Å². The topological polar surface area (TPSA) is 73.6 Å². The standard InChI is InChI=1S/C21H26N2O3.ClH/c1-25-18-7-3-4-8-19(18)26-17-11-9-16(10-12-17)15-23-20(24)21(22)13-5-2-6-14-21;/h3-4,7-12H,2,5-6,13-15,22H2,1H3,(H,23,24);1H. The lowest BCUT2D eigenvalue weighted by Gasteiger charge is -2.31. The summed E-state index contributed by atoms with van der Waals surface area (Å²) < 4.78 is 11.1. The van der Waals surface area contributed by atoms with E-state index in [2.05, 4.69) is 5.32 Å². The normalized spacial score (nSPS) is 15.3. The highest BCUT2D eigenvalue weighted by atomic mass is 35.5. The Morgan fingerprint density at radius 1 is 1.04 bits per heavy atom. The van der Waals surface area contributed by atoms with Crippen molar-refractivity contribution in [1.29, 1.82) is 0 Å². The highest BCUT2D eigenvalue weighted by Gasteiger charge is 2.34. The van der Waals surface area contributed by atoms with E-state index in [1.165, 1.54) is 6.42 Å². The molecule has 1 aliphatic carbocycles. The van der Waals surface area contributed by atoms with E-state index in [1.54, 1.807) is 7.11 Å². The minimum Gasteiger partial charge on any atom is -0.493 e. The van der Waals surface area contributed by atoms with Crippen molar-refractivity contribution in [1.82, 2.24) is 5.32 Å². The third kappa shape index (κ3) is 5.37. The SMILES string of the molecule is COc1ccccc1Oc1ccc(CNC(=O)C2(N)CCCCC2)cc1.Cl. The zero-order valence-corrected chi connectivity index (χ0v) is 16.4. The van der Waals surface area contributed by atoms with Crippen LogP contribution in [0.25, 0.3) is 0 Å². The predicted octanol–water partition coefficient (Wildman–Crippen LogP) is 4.19. The van der Waals surface area contributed by atoms with Gasteiger partial charge in [0.2, 0.25) is 5.91 Å². The first kappa shape index (κ1) is 21.1. The molecule has 3 N–H and O–H groups in total. The van der Waals surface area contributed by atoms with Gasteiger partial charge in [0, 0.05) is 6.54 Å². The summed E-state index contributed by atoms with van der Waals surface area (Å²) in [4.78, 5) is 12.4. The minimum absolute atomic E-state index is 0. The van der Waals surface area contributed by atoms with Crippen molar-refractivity contribution in [2.45, 2.75) is 44.2 Å². The molecule has 146 valence electrons. The molecular weight excluding hydrogens is 364 g/mol. The maximum atomic E-state index is 12.4. The van der Waals surface area contributed by atoms with E-state index in [4.69, 9.17) is 15.2 Å². The number of carbonyl (C=O) groups excluding carboxylic acids is 1. The number of rotatable bonds is 6. The van der Waals surface area contributed by atoms with Gasteiger partial charge in [-0.3, -0.25) is 4.79 Å². The van der Waals surface area contributed by atoms with Crippen LogP contribution in [-0.2, 0) is 11.3 Å². The van der Waals surface area contributed by atoms with Crippen LogP contribution in [-0.4, -0.2) is 18.6 Å². The van der Waals surface area contributed by atoms with E-state index >= 15 is 0 Å². The van der Waals surface area contributed by atoms with Gasteiger partial charge in [0.25, 0.3) is 0 Å². The van der Waals surface area contributed by atoms with Crippen LogP contribution >= 0.6 is 12.4 Å². The van der Waals surface area contributed by atoms with Gasteiger partial charge in [0.15, 0.2) is 11.5 Å². The van der Waals surface area contributed by atoms with Crippen LogP contribution in [0.3, 0.4) is 0 Å². The maximum Gasteiger partial charge on any atom is 0.240 e. The summed E-state index contributed by atoms with van der Waals surface area (Å²) in [6.45, 7) is 0.465. The molecule has 0 heterocycles. The van der Waals surface area contributed by atoms with Gasteiger partial charge >= 0.3 is 0 Å². The zero-order valence-electron chi connectivity index (χ0n) is 15.6. The molecule has 0 radical (unpaired) electrons. The van der Waals surface area contributed by atoms with E-state index in [9.17, 15) is 4.79 Å². The highest BCUT2D eigenvalue weighted by molar-refractivity contribution is 5.86. The molecule has 1 saturated carbocycles. The molecule has 0 atom stereocenters.